The molecule has 3 N–H and O–H groups in total. The van der Waals surface area contributed by atoms with Crippen molar-refractivity contribution in [1.82, 2.24) is 24.9 Å². The van der Waals surface area contributed by atoms with Gasteiger partial charge >= 0.3 is 0 Å². The summed E-state index contributed by atoms with van der Waals surface area (Å²) in [6, 6.07) is 0. The molecule has 0 radical (unpaired) electrons. The predicted molar refractivity (Wildman–Crippen MR) is 102 cm³/mol. The SMILES string of the molecule is CCn1cc(-c2nn(C)cc2C(=O)NCC2(N)CCC(C)(C)CC2)cn1. The third-order valence-electron chi connectivity index (χ3n) is 5.50. The molecular weight excluding hydrogens is 328 g/mol. The van der Waals surface area contributed by atoms with Crippen LogP contribution in [-0.4, -0.2) is 37.6 Å². The molecule has 26 heavy (non-hydrogen) atoms. The van der Waals surface area contributed by atoms with E-state index >= 15 is 0 Å². The number of carbonyl (C=O) groups is 1. The first-order valence-corrected chi connectivity index (χ1v) is 9.35. The minimum absolute atomic E-state index is 0.132. The number of nitrogens with two attached hydrogens (primary N) is 1. The van der Waals surface area contributed by atoms with Gasteiger partial charge in [0.2, 0.25) is 0 Å². The zero-order valence-electron chi connectivity index (χ0n) is 16.2. The average molecular weight is 358 g/mol. The van der Waals surface area contributed by atoms with Crippen molar-refractivity contribution in [1.29, 1.82) is 0 Å². The fourth-order valence-electron chi connectivity index (χ4n) is 3.48. The van der Waals surface area contributed by atoms with E-state index in [2.05, 4.69) is 29.4 Å². The molecule has 0 spiro atoms. The maximum absolute atomic E-state index is 12.8. The van der Waals surface area contributed by atoms with Crippen LogP contribution in [0.15, 0.2) is 18.6 Å². The van der Waals surface area contributed by atoms with Gasteiger partial charge in [-0.2, -0.15) is 10.2 Å². The zero-order chi connectivity index (χ0) is 18.9. The molecule has 0 saturated heterocycles. The third kappa shape index (κ3) is 3.98. The number of amides is 1. The molecule has 0 atom stereocenters. The molecule has 1 aliphatic rings. The van der Waals surface area contributed by atoms with Crippen LogP contribution in [0.2, 0.25) is 0 Å². The first kappa shape index (κ1) is 18.6. The second kappa shape index (κ2) is 6.87. The lowest BCUT2D eigenvalue weighted by atomic mass is 9.70. The van der Waals surface area contributed by atoms with Gasteiger partial charge in [-0.1, -0.05) is 13.8 Å². The lowest BCUT2D eigenvalue weighted by Gasteiger charge is -2.41. The summed E-state index contributed by atoms with van der Waals surface area (Å²) in [7, 11) is 1.82. The van der Waals surface area contributed by atoms with Crippen LogP contribution >= 0.6 is 0 Å². The van der Waals surface area contributed by atoms with Gasteiger partial charge < -0.3 is 11.1 Å². The maximum Gasteiger partial charge on any atom is 0.255 e. The van der Waals surface area contributed by atoms with Crippen LogP contribution in [0, 0.1) is 5.41 Å². The van der Waals surface area contributed by atoms with Crippen LogP contribution in [0.3, 0.4) is 0 Å². The first-order chi connectivity index (χ1) is 12.2. The molecule has 142 valence electrons. The Morgan fingerprint density at radius 3 is 2.58 bits per heavy atom. The van der Waals surface area contributed by atoms with E-state index in [1.807, 2.05) is 24.9 Å². The van der Waals surface area contributed by atoms with E-state index in [4.69, 9.17) is 5.73 Å². The Morgan fingerprint density at radius 2 is 1.96 bits per heavy atom. The normalized spacial score (nSPS) is 18.7. The van der Waals surface area contributed by atoms with Gasteiger partial charge in [0, 0.05) is 43.6 Å². The minimum atomic E-state index is -0.319. The third-order valence-corrected chi connectivity index (χ3v) is 5.50. The molecule has 1 fully saturated rings. The highest BCUT2D eigenvalue weighted by Crippen LogP contribution is 2.38. The molecule has 1 amide bonds. The Balaban J connectivity index is 1.71. The minimum Gasteiger partial charge on any atom is -0.350 e. The molecule has 0 aliphatic heterocycles. The van der Waals surface area contributed by atoms with Crippen LogP contribution in [-0.2, 0) is 13.6 Å². The molecule has 2 heterocycles. The molecule has 0 unspecified atom stereocenters. The quantitative estimate of drug-likeness (QED) is 0.858. The Morgan fingerprint density at radius 1 is 1.27 bits per heavy atom. The Kier molecular flexibility index (Phi) is 4.92. The fraction of sp³-hybridized carbons (Fsp3) is 0.632. The second-order valence-corrected chi connectivity index (χ2v) is 8.36. The molecule has 2 aromatic heterocycles. The largest absolute Gasteiger partial charge is 0.350 e. The Bertz CT molecular complexity index is 778. The van der Waals surface area contributed by atoms with Crippen molar-refractivity contribution in [3.63, 3.8) is 0 Å². The van der Waals surface area contributed by atoms with Crippen molar-refractivity contribution < 1.29 is 4.79 Å². The van der Waals surface area contributed by atoms with Crippen molar-refractivity contribution in [2.24, 2.45) is 18.2 Å². The van der Waals surface area contributed by atoms with Crippen LogP contribution < -0.4 is 11.1 Å². The lowest BCUT2D eigenvalue weighted by molar-refractivity contribution is 0.0924. The summed E-state index contributed by atoms with van der Waals surface area (Å²) in [5.41, 5.74) is 8.62. The summed E-state index contributed by atoms with van der Waals surface area (Å²) in [5, 5.41) is 11.8. The van der Waals surface area contributed by atoms with E-state index in [-0.39, 0.29) is 11.4 Å². The molecule has 7 nitrogen and oxygen atoms in total. The topological polar surface area (TPSA) is 90.8 Å². The highest BCUT2D eigenvalue weighted by molar-refractivity contribution is 5.99. The molecule has 3 rings (SSSR count). The van der Waals surface area contributed by atoms with E-state index in [1.54, 1.807) is 17.1 Å². The van der Waals surface area contributed by atoms with E-state index in [9.17, 15) is 4.79 Å². The number of aryl methyl sites for hydroxylation is 2. The highest BCUT2D eigenvalue weighted by atomic mass is 16.1. The molecule has 1 saturated carbocycles. The monoisotopic (exact) mass is 358 g/mol. The zero-order valence-corrected chi connectivity index (χ0v) is 16.2. The number of hydrogen-bond donors (Lipinski definition) is 2. The first-order valence-electron chi connectivity index (χ1n) is 9.35. The van der Waals surface area contributed by atoms with E-state index < -0.39 is 0 Å². The van der Waals surface area contributed by atoms with Crippen LogP contribution in [0.25, 0.3) is 11.3 Å². The number of nitrogens with zero attached hydrogens (tertiary/aromatic N) is 4. The molecular formula is C19H30N6O. The molecule has 1 aliphatic carbocycles. The lowest BCUT2D eigenvalue weighted by Crippen LogP contribution is -2.53. The van der Waals surface area contributed by atoms with Crippen LogP contribution in [0.1, 0.15) is 56.8 Å². The van der Waals surface area contributed by atoms with Crippen LogP contribution in [0.5, 0.6) is 0 Å². The maximum atomic E-state index is 12.8. The predicted octanol–water partition coefficient (Wildman–Crippen LogP) is 2.33. The van der Waals surface area contributed by atoms with E-state index in [1.165, 1.54) is 0 Å². The van der Waals surface area contributed by atoms with Gasteiger partial charge in [0.15, 0.2) is 0 Å². The smallest absolute Gasteiger partial charge is 0.255 e. The second-order valence-electron chi connectivity index (χ2n) is 8.36. The van der Waals surface area contributed by atoms with E-state index in [0.29, 0.717) is 23.2 Å². The van der Waals surface area contributed by atoms with Crippen molar-refractivity contribution in [2.75, 3.05) is 6.54 Å². The fourth-order valence-corrected chi connectivity index (χ4v) is 3.48. The van der Waals surface area contributed by atoms with E-state index in [0.717, 1.165) is 37.8 Å². The van der Waals surface area contributed by atoms with Gasteiger partial charge in [-0.05, 0) is 38.0 Å². The summed E-state index contributed by atoms with van der Waals surface area (Å²) >= 11 is 0. The summed E-state index contributed by atoms with van der Waals surface area (Å²) in [4.78, 5) is 12.8. The summed E-state index contributed by atoms with van der Waals surface area (Å²) < 4.78 is 3.49. The number of carbonyl (C=O) groups excluding carboxylic acids is 1. The molecule has 0 bridgehead atoms. The highest BCUT2D eigenvalue weighted by Gasteiger charge is 2.35. The number of nitrogens with one attached hydrogen (secondary N) is 1. The number of rotatable bonds is 5. The van der Waals surface area contributed by atoms with Gasteiger partial charge in [0.05, 0.1) is 11.8 Å². The number of aromatic nitrogens is 4. The number of hydrogen-bond acceptors (Lipinski definition) is 4. The van der Waals surface area contributed by atoms with Crippen molar-refractivity contribution in [3.05, 3.63) is 24.2 Å². The molecule has 2 aromatic rings. The average Bonchev–Trinajstić information content (AvgIpc) is 3.22. The Labute approximate surface area is 154 Å². The summed E-state index contributed by atoms with van der Waals surface area (Å²) in [5.74, 6) is -0.132. The van der Waals surface area contributed by atoms with Crippen molar-refractivity contribution in [3.8, 4) is 11.3 Å². The van der Waals surface area contributed by atoms with Gasteiger partial charge in [-0.25, -0.2) is 0 Å². The standard InChI is InChI=1S/C19H30N6O/c1-5-25-11-14(10-22-25)16-15(12-24(4)23-16)17(26)21-13-19(20)8-6-18(2,3)7-9-19/h10-12H,5-9,13,20H2,1-4H3,(H,21,26). The van der Waals surface area contributed by atoms with Gasteiger partial charge in [0.1, 0.15) is 5.69 Å². The van der Waals surface area contributed by atoms with Crippen molar-refractivity contribution in [2.45, 2.75) is 58.5 Å². The van der Waals surface area contributed by atoms with Gasteiger partial charge in [-0.15, -0.1) is 0 Å². The molecule has 0 aromatic carbocycles. The van der Waals surface area contributed by atoms with Crippen LogP contribution in [0.4, 0.5) is 0 Å². The van der Waals surface area contributed by atoms with Crippen molar-refractivity contribution >= 4 is 5.91 Å². The summed E-state index contributed by atoms with van der Waals surface area (Å²) in [6.45, 7) is 7.85. The van der Waals surface area contributed by atoms with Gasteiger partial charge in [0.25, 0.3) is 5.91 Å². The Hall–Kier alpha value is -2.15. The summed E-state index contributed by atoms with van der Waals surface area (Å²) in [6.07, 6.45) is 9.46. The molecule has 7 heteroatoms. The van der Waals surface area contributed by atoms with Gasteiger partial charge in [-0.3, -0.25) is 14.2 Å².